The number of benzene rings is 1. The van der Waals surface area contributed by atoms with Crippen molar-refractivity contribution in [3.63, 3.8) is 0 Å². The van der Waals surface area contributed by atoms with E-state index in [1.165, 1.54) is 0 Å². The SMILES string of the molecule is Cc1ccc(NC2CS(=O)(=O)c3ccccc32)c(C)n1. The second kappa shape index (κ2) is 4.59. The lowest BCUT2D eigenvalue weighted by Crippen LogP contribution is -2.14. The number of anilines is 1. The van der Waals surface area contributed by atoms with Gasteiger partial charge in [0.25, 0.3) is 0 Å². The maximum Gasteiger partial charge on any atom is 0.181 e. The van der Waals surface area contributed by atoms with Crippen LogP contribution in [0.25, 0.3) is 0 Å². The van der Waals surface area contributed by atoms with E-state index in [9.17, 15) is 8.42 Å². The third kappa shape index (κ3) is 2.18. The molecule has 1 N–H and O–H groups in total. The average molecular weight is 288 g/mol. The van der Waals surface area contributed by atoms with Gasteiger partial charge in [-0.1, -0.05) is 18.2 Å². The molecule has 1 aromatic heterocycles. The molecule has 4 nitrogen and oxygen atoms in total. The normalized spacial score (nSPS) is 19.6. The number of nitrogens with one attached hydrogen (secondary N) is 1. The molecule has 0 bridgehead atoms. The quantitative estimate of drug-likeness (QED) is 0.923. The Morgan fingerprint density at radius 1 is 1.15 bits per heavy atom. The summed E-state index contributed by atoms with van der Waals surface area (Å²) < 4.78 is 24.3. The van der Waals surface area contributed by atoms with Gasteiger partial charge in [-0.3, -0.25) is 4.98 Å². The maximum atomic E-state index is 12.1. The molecule has 1 aromatic carbocycles. The molecule has 0 aliphatic carbocycles. The van der Waals surface area contributed by atoms with E-state index in [2.05, 4.69) is 10.3 Å². The van der Waals surface area contributed by atoms with Gasteiger partial charge in [-0.15, -0.1) is 0 Å². The summed E-state index contributed by atoms with van der Waals surface area (Å²) in [5, 5.41) is 3.31. The van der Waals surface area contributed by atoms with Crippen molar-refractivity contribution < 1.29 is 8.42 Å². The fraction of sp³-hybridized carbons (Fsp3) is 0.267. The van der Waals surface area contributed by atoms with Crippen LogP contribution in [0.3, 0.4) is 0 Å². The number of rotatable bonds is 2. The fourth-order valence-electron chi connectivity index (χ4n) is 2.60. The van der Waals surface area contributed by atoms with Gasteiger partial charge in [0.05, 0.1) is 28.1 Å². The van der Waals surface area contributed by atoms with Gasteiger partial charge in [-0.25, -0.2) is 8.42 Å². The zero-order valence-corrected chi connectivity index (χ0v) is 12.2. The van der Waals surface area contributed by atoms with Crippen molar-refractivity contribution in [3.8, 4) is 0 Å². The van der Waals surface area contributed by atoms with Crippen LogP contribution in [0.4, 0.5) is 5.69 Å². The first-order chi connectivity index (χ1) is 9.47. The predicted octanol–water partition coefficient (Wildman–Crippen LogP) is 2.64. The number of aromatic nitrogens is 1. The molecule has 0 saturated heterocycles. The molecule has 3 rings (SSSR count). The molecule has 5 heteroatoms. The Morgan fingerprint density at radius 3 is 2.65 bits per heavy atom. The maximum absolute atomic E-state index is 12.1. The highest BCUT2D eigenvalue weighted by molar-refractivity contribution is 7.91. The van der Waals surface area contributed by atoms with Crippen LogP contribution in [0.15, 0.2) is 41.3 Å². The van der Waals surface area contributed by atoms with E-state index < -0.39 is 9.84 Å². The summed E-state index contributed by atoms with van der Waals surface area (Å²) in [5.74, 6) is 0.0969. The Balaban J connectivity index is 1.97. The first-order valence-corrected chi connectivity index (χ1v) is 8.15. The van der Waals surface area contributed by atoms with E-state index in [1.807, 2.05) is 38.1 Å². The molecule has 1 aliphatic rings. The Kier molecular flexibility index (Phi) is 3.01. The number of hydrogen-bond donors (Lipinski definition) is 1. The van der Waals surface area contributed by atoms with Gasteiger partial charge < -0.3 is 5.32 Å². The second-order valence-corrected chi connectivity index (χ2v) is 7.10. The van der Waals surface area contributed by atoms with E-state index in [0.717, 1.165) is 22.6 Å². The molecule has 0 radical (unpaired) electrons. The van der Waals surface area contributed by atoms with E-state index in [4.69, 9.17) is 0 Å². The second-order valence-electron chi connectivity index (χ2n) is 5.10. The van der Waals surface area contributed by atoms with Gasteiger partial charge in [-0.05, 0) is 37.6 Å². The van der Waals surface area contributed by atoms with Crippen LogP contribution in [-0.2, 0) is 9.84 Å². The lowest BCUT2D eigenvalue weighted by atomic mass is 10.1. The van der Waals surface area contributed by atoms with Gasteiger partial charge in [0, 0.05) is 5.69 Å². The first kappa shape index (κ1) is 13.1. The molecule has 0 saturated carbocycles. The molecular formula is C15H16N2O2S. The minimum absolute atomic E-state index is 0.0969. The van der Waals surface area contributed by atoms with E-state index >= 15 is 0 Å². The van der Waals surface area contributed by atoms with Crippen LogP contribution in [0, 0.1) is 13.8 Å². The molecule has 2 heterocycles. The molecular weight excluding hydrogens is 272 g/mol. The molecule has 1 atom stereocenters. The molecule has 0 spiro atoms. The standard InChI is InChI=1S/C15H16N2O2S/c1-10-7-8-13(11(2)16-10)17-14-9-20(18,19)15-6-4-3-5-12(14)15/h3-8,14,17H,9H2,1-2H3. The number of sulfone groups is 1. The molecule has 20 heavy (non-hydrogen) atoms. The topological polar surface area (TPSA) is 59.1 Å². The summed E-state index contributed by atoms with van der Waals surface area (Å²) >= 11 is 0. The minimum Gasteiger partial charge on any atom is -0.376 e. The van der Waals surface area contributed by atoms with Crippen LogP contribution in [0.1, 0.15) is 23.0 Å². The Hall–Kier alpha value is -1.88. The average Bonchev–Trinajstić information content (AvgIpc) is 2.65. The largest absolute Gasteiger partial charge is 0.376 e. The molecule has 104 valence electrons. The lowest BCUT2D eigenvalue weighted by molar-refractivity contribution is 0.598. The number of hydrogen-bond acceptors (Lipinski definition) is 4. The van der Waals surface area contributed by atoms with Crippen molar-refractivity contribution in [2.75, 3.05) is 11.1 Å². The third-order valence-electron chi connectivity index (χ3n) is 3.57. The molecule has 1 unspecified atom stereocenters. The lowest BCUT2D eigenvalue weighted by Gasteiger charge is -2.16. The van der Waals surface area contributed by atoms with Gasteiger partial charge in [-0.2, -0.15) is 0 Å². The third-order valence-corrected chi connectivity index (χ3v) is 5.38. The number of fused-ring (bicyclic) bond motifs is 1. The molecule has 0 amide bonds. The van der Waals surface area contributed by atoms with Gasteiger partial charge in [0.15, 0.2) is 9.84 Å². The summed E-state index contributed by atoms with van der Waals surface area (Å²) in [7, 11) is -3.18. The van der Waals surface area contributed by atoms with Crippen LogP contribution in [0.5, 0.6) is 0 Å². The zero-order valence-electron chi connectivity index (χ0n) is 11.4. The fourth-order valence-corrected chi connectivity index (χ4v) is 4.33. The van der Waals surface area contributed by atoms with Crippen molar-refractivity contribution in [3.05, 3.63) is 53.3 Å². The highest BCUT2D eigenvalue weighted by Gasteiger charge is 2.34. The van der Waals surface area contributed by atoms with Crippen molar-refractivity contribution in [1.29, 1.82) is 0 Å². The number of aryl methyl sites for hydroxylation is 2. The monoisotopic (exact) mass is 288 g/mol. The van der Waals surface area contributed by atoms with Crippen molar-refractivity contribution >= 4 is 15.5 Å². The minimum atomic E-state index is -3.18. The number of nitrogens with zero attached hydrogens (tertiary/aromatic N) is 1. The van der Waals surface area contributed by atoms with Crippen LogP contribution in [-0.4, -0.2) is 19.2 Å². The predicted molar refractivity (Wildman–Crippen MR) is 78.6 cm³/mol. The summed E-state index contributed by atoms with van der Waals surface area (Å²) in [6.07, 6.45) is 0. The van der Waals surface area contributed by atoms with Crippen LogP contribution in [0.2, 0.25) is 0 Å². The Labute approximate surface area is 118 Å². The summed E-state index contributed by atoms with van der Waals surface area (Å²) in [6, 6.07) is 10.8. The van der Waals surface area contributed by atoms with Crippen LogP contribution < -0.4 is 5.32 Å². The molecule has 1 aliphatic heterocycles. The van der Waals surface area contributed by atoms with Gasteiger partial charge in [0.1, 0.15) is 0 Å². The number of pyridine rings is 1. The van der Waals surface area contributed by atoms with E-state index in [1.54, 1.807) is 12.1 Å². The smallest absolute Gasteiger partial charge is 0.181 e. The summed E-state index contributed by atoms with van der Waals surface area (Å²) in [4.78, 5) is 4.84. The van der Waals surface area contributed by atoms with Crippen molar-refractivity contribution in [1.82, 2.24) is 4.98 Å². The van der Waals surface area contributed by atoms with Crippen LogP contribution >= 0.6 is 0 Å². The Bertz CT molecular complexity index is 769. The van der Waals surface area contributed by atoms with Gasteiger partial charge in [0.2, 0.25) is 0 Å². The van der Waals surface area contributed by atoms with E-state index in [0.29, 0.717) is 4.90 Å². The molecule has 0 fully saturated rings. The first-order valence-electron chi connectivity index (χ1n) is 6.50. The van der Waals surface area contributed by atoms with E-state index in [-0.39, 0.29) is 11.8 Å². The molecule has 2 aromatic rings. The van der Waals surface area contributed by atoms with Crippen molar-refractivity contribution in [2.45, 2.75) is 24.8 Å². The highest BCUT2D eigenvalue weighted by Crippen LogP contribution is 2.35. The van der Waals surface area contributed by atoms with Crippen molar-refractivity contribution in [2.24, 2.45) is 0 Å². The van der Waals surface area contributed by atoms with Gasteiger partial charge >= 0.3 is 0 Å². The highest BCUT2D eigenvalue weighted by atomic mass is 32.2. The summed E-state index contributed by atoms with van der Waals surface area (Å²) in [5.41, 5.74) is 3.55. The summed E-state index contributed by atoms with van der Waals surface area (Å²) in [6.45, 7) is 3.86. The Morgan fingerprint density at radius 2 is 1.90 bits per heavy atom. The zero-order chi connectivity index (χ0) is 14.3.